The summed E-state index contributed by atoms with van der Waals surface area (Å²) >= 11 is 6.25. The zero-order chi connectivity index (χ0) is 18.8. The summed E-state index contributed by atoms with van der Waals surface area (Å²) in [5, 5.41) is 0.449. The Labute approximate surface area is 158 Å². The van der Waals surface area contributed by atoms with Gasteiger partial charge in [-0.1, -0.05) is 29.8 Å². The zero-order valence-electron chi connectivity index (χ0n) is 15.2. The lowest BCUT2D eigenvalue weighted by molar-refractivity contribution is 0.0600. The fraction of sp³-hybridized carbons (Fsp3) is 0.333. The third-order valence-corrected chi connectivity index (χ3v) is 5.17. The van der Waals surface area contributed by atoms with Gasteiger partial charge in [-0.3, -0.25) is 4.79 Å². The summed E-state index contributed by atoms with van der Waals surface area (Å²) in [7, 11) is 1.37. The zero-order valence-corrected chi connectivity index (χ0v) is 15.9. The van der Waals surface area contributed by atoms with Crippen molar-refractivity contribution in [1.29, 1.82) is 0 Å². The van der Waals surface area contributed by atoms with Gasteiger partial charge in [0.2, 0.25) is 0 Å². The molecule has 1 aliphatic rings. The number of hydrogen-bond acceptors (Lipinski definition) is 3. The second-order valence-electron chi connectivity index (χ2n) is 6.75. The van der Waals surface area contributed by atoms with Crippen LogP contribution in [0, 0.1) is 0 Å². The van der Waals surface area contributed by atoms with E-state index in [1.54, 1.807) is 18.2 Å². The molecule has 3 rings (SSSR count). The lowest BCUT2D eigenvalue weighted by Crippen LogP contribution is -2.39. The predicted molar refractivity (Wildman–Crippen MR) is 102 cm³/mol. The minimum atomic E-state index is -0.369. The normalized spacial score (nSPS) is 15.7. The molecule has 2 aromatic rings. The van der Waals surface area contributed by atoms with Crippen LogP contribution in [0.2, 0.25) is 5.02 Å². The van der Waals surface area contributed by atoms with Gasteiger partial charge in [0.05, 0.1) is 29.3 Å². The van der Waals surface area contributed by atoms with Gasteiger partial charge in [-0.15, -0.1) is 0 Å². The van der Waals surface area contributed by atoms with E-state index in [0.29, 0.717) is 16.1 Å². The lowest BCUT2D eigenvalue weighted by atomic mass is 10.0. The van der Waals surface area contributed by atoms with Gasteiger partial charge < -0.3 is 9.64 Å². The molecule has 0 radical (unpaired) electrons. The second-order valence-corrected chi connectivity index (χ2v) is 7.15. The molecule has 1 atom stereocenters. The number of esters is 1. The van der Waals surface area contributed by atoms with Crippen molar-refractivity contribution >= 4 is 23.5 Å². The van der Waals surface area contributed by atoms with Crippen LogP contribution in [-0.4, -0.2) is 29.9 Å². The molecule has 1 aliphatic carbocycles. The number of amides is 1. The number of carbonyl (C=O) groups is 2. The Balaban J connectivity index is 2.00. The summed E-state index contributed by atoms with van der Waals surface area (Å²) in [6.45, 7) is 3.99. The van der Waals surface area contributed by atoms with Gasteiger partial charge in [-0.05, 0) is 62.1 Å². The maximum atomic E-state index is 13.2. The maximum absolute atomic E-state index is 13.2. The molecule has 0 saturated carbocycles. The number of carbonyl (C=O) groups excluding carboxylic acids is 2. The summed E-state index contributed by atoms with van der Waals surface area (Å²) in [5.41, 5.74) is 3.19. The highest BCUT2D eigenvalue weighted by molar-refractivity contribution is 6.33. The highest BCUT2D eigenvalue weighted by Crippen LogP contribution is 2.38. The van der Waals surface area contributed by atoms with Crippen molar-refractivity contribution in [3.8, 4) is 0 Å². The van der Waals surface area contributed by atoms with Crippen LogP contribution in [0.25, 0.3) is 0 Å². The van der Waals surface area contributed by atoms with E-state index >= 15 is 0 Å². The van der Waals surface area contributed by atoms with E-state index in [4.69, 9.17) is 16.3 Å². The fourth-order valence-corrected chi connectivity index (χ4v) is 3.84. The molecule has 0 aromatic heterocycles. The average Bonchev–Trinajstić information content (AvgIpc) is 3.04. The van der Waals surface area contributed by atoms with Crippen molar-refractivity contribution in [3.63, 3.8) is 0 Å². The Hall–Kier alpha value is -2.33. The molecule has 0 saturated heterocycles. The number of aryl methyl sites for hydroxylation is 1. The summed E-state index contributed by atoms with van der Waals surface area (Å²) in [4.78, 5) is 27.0. The predicted octanol–water partition coefficient (Wildman–Crippen LogP) is 4.66. The van der Waals surface area contributed by atoms with E-state index in [-0.39, 0.29) is 24.0 Å². The summed E-state index contributed by atoms with van der Waals surface area (Å²) in [6, 6.07) is 12.6. The van der Waals surface area contributed by atoms with Gasteiger partial charge in [0, 0.05) is 6.04 Å². The van der Waals surface area contributed by atoms with E-state index in [2.05, 4.69) is 0 Å². The smallest absolute Gasteiger partial charge is 0.337 e. The van der Waals surface area contributed by atoms with Crippen molar-refractivity contribution in [2.75, 3.05) is 7.11 Å². The van der Waals surface area contributed by atoms with Crippen molar-refractivity contribution in [1.82, 2.24) is 4.90 Å². The van der Waals surface area contributed by atoms with Gasteiger partial charge in [0.1, 0.15) is 0 Å². The Kier molecular flexibility index (Phi) is 5.33. The Morgan fingerprint density at radius 1 is 1.19 bits per heavy atom. The standard InChI is InChI=1S/C21H22ClNO3/c1-13(2)23(20(24)16-6-4-5-7-18(16)22)19-11-10-14-8-9-15(12-17(14)19)21(25)26-3/h4-9,12-13,19H,10-11H2,1-3H3/t19-/m1/s1. The van der Waals surface area contributed by atoms with E-state index in [0.717, 1.165) is 18.4 Å². The number of benzene rings is 2. The van der Waals surface area contributed by atoms with Gasteiger partial charge in [-0.2, -0.15) is 0 Å². The van der Waals surface area contributed by atoms with Crippen LogP contribution in [0.4, 0.5) is 0 Å². The second kappa shape index (κ2) is 7.50. The van der Waals surface area contributed by atoms with Gasteiger partial charge in [0.15, 0.2) is 0 Å². The van der Waals surface area contributed by atoms with Crippen LogP contribution in [0.5, 0.6) is 0 Å². The molecule has 26 heavy (non-hydrogen) atoms. The molecule has 136 valence electrons. The van der Waals surface area contributed by atoms with Crippen LogP contribution in [-0.2, 0) is 11.2 Å². The molecule has 0 aliphatic heterocycles. The SMILES string of the molecule is COC(=O)c1ccc2c(c1)[C@H](N(C(=O)c1ccccc1Cl)C(C)C)CC2. The molecule has 1 amide bonds. The molecule has 0 N–H and O–H groups in total. The summed E-state index contributed by atoms with van der Waals surface area (Å²) in [5.74, 6) is -0.459. The number of rotatable bonds is 4. The monoisotopic (exact) mass is 371 g/mol. The van der Waals surface area contributed by atoms with E-state index in [9.17, 15) is 9.59 Å². The first kappa shape index (κ1) is 18.5. The first-order valence-electron chi connectivity index (χ1n) is 8.72. The first-order chi connectivity index (χ1) is 12.4. The molecule has 4 nitrogen and oxygen atoms in total. The molecular weight excluding hydrogens is 350 g/mol. The molecule has 0 spiro atoms. The highest BCUT2D eigenvalue weighted by Gasteiger charge is 2.34. The van der Waals surface area contributed by atoms with Crippen LogP contribution < -0.4 is 0 Å². The summed E-state index contributed by atoms with van der Waals surface area (Å²) in [6.07, 6.45) is 1.70. The van der Waals surface area contributed by atoms with Crippen LogP contribution in [0.1, 0.15) is 58.2 Å². The lowest BCUT2D eigenvalue weighted by Gasteiger charge is -2.34. The van der Waals surface area contributed by atoms with Gasteiger partial charge >= 0.3 is 5.97 Å². The maximum Gasteiger partial charge on any atom is 0.337 e. The Bertz CT molecular complexity index is 847. The third kappa shape index (κ3) is 3.34. The number of fused-ring (bicyclic) bond motifs is 1. The van der Waals surface area contributed by atoms with Crippen molar-refractivity contribution < 1.29 is 14.3 Å². The number of nitrogens with zero attached hydrogens (tertiary/aromatic N) is 1. The average molecular weight is 372 g/mol. The van der Waals surface area contributed by atoms with E-state index < -0.39 is 0 Å². The minimum Gasteiger partial charge on any atom is -0.465 e. The minimum absolute atomic E-state index is 0.00324. The molecule has 0 heterocycles. The van der Waals surface area contributed by atoms with Gasteiger partial charge in [-0.25, -0.2) is 4.79 Å². The highest BCUT2D eigenvalue weighted by atomic mass is 35.5. The first-order valence-corrected chi connectivity index (χ1v) is 9.10. The molecule has 0 fully saturated rings. The number of halogens is 1. The molecule has 5 heteroatoms. The fourth-order valence-electron chi connectivity index (χ4n) is 3.62. The Morgan fingerprint density at radius 2 is 1.92 bits per heavy atom. The number of ether oxygens (including phenoxy) is 1. The van der Waals surface area contributed by atoms with Crippen LogP contribution in [0.3, 0.4) is 0 Å². The van der Waals surface area contributed by atoms with Crippen molar-refractivity contribution in [3.05, 3.63) is 69.7 Å². The molecule has 0 unspecified atom stereocenters. The Morgan fingerprint density at radius 3 is 2.58 bits per heavy atom. The number of methoxy groups -OCH3 is 1. The topological polar surface area (TPSA) is 46.6 Å². The van der Waals surface area contributed by atoms with Crippen LogP contribution in [0.15, 0.2) is 42.5 Å². The van der Waals surface area contributed by atoms with E-state index in [1.165, 1.54) is 12.7 Å². The van der Waals surface area contributed by atoms with Crippen LogP contribution >= 0.6 is 11.6 Å². The van der Waals surface area contributed by atoms with Crippen molar-refractivity contribution in [2.45, 2.75) is 38.8 Å². The quantitative estimate of drug-likeness (QED) is 0.734. The molecule has 2 aromatic carbocycles. The van der Waals surface area contributed by atoms with Gasteiger partial charge in [0.25, 0.3) is 5.91 Å². The molecule has 0 bridgehead atoms. The summed E-state index contributed by atoms with van der Waals surface area (Å²) < 4.78 is 4.83. The third-order valence-electron chi connectivity index (χ3n) is 4.84. The molecular formula is C21H22ClNO3. The van der Waals surface area contributed by atoms with E-state index in [1.807, 2.05) is 43.0 Å². The van der Waals surface area contributed by atoms with Crippen molar-refractivity contribution in [2.24, 2.45) is 0 Å². The largest absolute Gasteiger partial charge is 0.465 e. The number of hydrogen-bond donors (Lipinski definition) is 0.